The van der Waals surface area contributed by atoms with Gasteiger partial charge < -0.3 is 10.0 Å². The van der Waals surface area contributed by atoms with E-state index in [1.54, 1.807) is 6.92 Å². The molecule has 1 aliphatic heterocycles. The van der Waals surface area contributed by atoms with E-state index in [1.165, 1.54) is 44.2 Å². The number of aryl methyl sites for hydroxylation is 1. The summed E-state index contributed by atoms with van der Waals surface area (Å²) in [6.45, 7) is 3.22. The summed E-state index contributed by atoms with van der Waals surface area (Å²) in [5.41, 5.74) is 1.36. The molecule has 2 fully saturated rings. The average Bonchev–Trinajstić information content (AvgIpc) is 2.55. The van der Waals surface area contributed by atoms with Gasteiger partial charge in [0, 0.05) is 13.1 Å². The van der Waals surface area contributed by atoms with Gasteiger partial charge in [-0.05, 0) is 50.2 Å². The third kappa shape index (κ3) is 3.23. The van der Waals surface area contributed by atoms with Crippen molar-refractivity contribution in [2.24, 2.45) is 5.41 Å². The normalized spacial score (nSPS) is 20.5. The van der Waals surface area contributed by atoms with Gasteiger partial charge in [0.2, 0.25) is 0 Å². The Labute approximate surface area is 136 Å². The third-order valence-electron chi connectivity index (χ3n) is 5.56. The van der Waals surface area contributed by atoms with Crippen molar-refractivity contribution in [3.8, 4) is 0 Å². The van der Waals surface area contributed by atoms with E-state index in [9.17, 15) is 9.59 Å². The lowest BCUT2D eigenvalue weighted by molar-refractivity contribution is 0.0466. The maximum Gasteiger partial charge on any atom is 0.337 e. The minimum absolute atomic E-state index is 0.0734. The molecule has 124 valence electrons. The first kappa shape index (κ1) is 16.0. The van der Waals surface area contributed by atoms with Crippen LogP contribution in [0.4, 0.5) is 0 Å². The monoisotopic (exact) mass is 316 g/mol. The second kappa shape index (κ2) is 6.30. The van der Waals surface area contributed by atoms with Crippen LogP contribution in [0.1, 0.15) is 71.5 Å². The topological polar surface area (TPSA) is 70.5 Å². The number of pyridine rings is 1. The molecular weight excluding hydrogens is 292 g/mol. The van der Waals surface area contributed by atoms with Crippen LogP contribution in [0.2, 0.25) is 0 Å². The highest BCUT2D eigenvalue weighted by molar-refractivity contribution is 5.94. The molecule has 1 amide bonds. The van der Waals surface area contributed by atoms with Gasteiger partial charge in [0.1, 0.15) is 5.69 Å². The number of carboxylic acids is 1. The highest BCUT2D eigenvalue weighted by Gasteiger charge is 2.37. The maximum atomic E-state index is 12.6. The van der Waals surface area contributed by atoms with Crippen molar-refractivity contribution in [1.29, 1.82) is 0 Å². The van der Waals surface area contributed by atoms with Crippen LogP contribution in [0.25, 0.3) is 0 Å². The van der Waals surface area contributed by atoms with E-state index in [0.29, 0.717) is 16.8 Å². The molecule has 1 saturated carbocycles. The number of nitrogens with zero attached hydrogens (tertiary/aromatic N) is 2. The molecule has 5 heteroatoms. The van der Waals surface area contributed by atoms with E-state index < -0.39 is 5.97 Å². The quantitative estimate of drug-likeness (QED) is 0.909. The number of aromatic nitrogens is 1. The number of carbonyl (C=O) groups is 2. The summed E-state index contributed by atoms with van der Waals surface area (Å²) in [6, 6.07) is 3.01. The Bertz CT molecular complexity index is 611. The van der Waals surface area contributed by atoms with Crippen LogP contribution in [0.5, 0.6) is 0 Å². The summed E-state index contributed by atoms with van der Waals surface area (Å²) in [5.74, 6) is -1.08. The molecule has 2 aliphatic rings. The second-order valence-corrected chi connectivity index (χ2v) is 6.99. The summed E-state index contributed by atoms with van der Waals surface area (Å²) < 4.78 is 0. The Balaban J connectivity index is 1.67. The van der Waals surface area contributed by atoms with Gasteiger partial charge in [0.25, 0.3) is 5.91 Å². The van der Waals surface area contributed by atoms with Gasteiger partial charge in [0.05, 0.1) is 11.3 Å². The molecule has 1 saturated heterocycles. The molecule has 23 heavy (non-hydrogen) atoms. The number of hydrogen-bond acceptors (Lipinski definition) is 3. The summed E-state index contributed by atoms with van der Waals surface area (Å²) >= 11 is 0. The zero-order valence-corrected chi connectivity index (χ0v) is 13.7. The number of rotatable bonds is 2. The van der Waals surface area contributed by atoms with Gasteiger partial charge in [-0.2, -0.15) is 0 Å². The first-order valence-electron chi connectivity index (χ1n) is 8.51. The maximum absolute atomic E-state index is 12.6. The van der Waals surface area contributed by atoms with Crippen molar-refractivity contribution < 1.29 is 14.7 Å². The standard InChI is InChI=1S/C18H24N2O3/c1-13-14(17(22)23)5-6-15(19-13)16(21)20-11-9-18(10-12-20)7-3-2-4-8-18/h5-6H,2-4,7-12H2,1H3,(H,22,23). The number of amides is 1. The van der Waals surface area contributed by atoms with Gasteiger partial charge in [0.15, 0.2) is 0 Å². The van der Waals surface area contributed by atoms with Crippen molar-refractivity contribution in [2.45, 2.75) is 51.9 Å². The average molecular weight is 316 g/mol. The highest BCUT2D eigenvalue weighted by atomic mass is 16.4. The van der Waals surface area contributed by atoms with E-state index in [2.05, 4.69) is 4.98 Å². The largest absolute Gasteiger partial charge is 0.478 e. The Hall–Kier alpha value is -1.91. The predicted octanol–water partition coefficient (Wildman–Crippen LogP) is 3.27. The summed E-state index contributed by atoms with van der Waals surface area (Å²) in [6.07, 6.45) is 8.79. The van der Waals surface area contributed by atoms with E-state index >= 15 is 0 Å². The Kier molecular flexibility index (Phi) is 4.37. The molecule has 1 aromatic heterocycles. The van der Waals surface area contributed by atoms with E-state index in [-0.39, 0.29) is 11.5 Å². The Morgan fingerprint density at radius 3 is 2.30 bits per heavy atom. The highest BCUT2D eigenvalue weighted by Crippen LogP contribution is 2.44. The van der Waals surface area contributed by atoms with Crippen molar-refractivity contribution >= 4 is 11.9 Å². The van der Waals surface area contributed by atoms with Crippen LogP contribution in [-0.4, -0.2) is 40.0 Å². The molecule has 0 atom stereocenters. The lowest BCUT2D eigenvalue weighted by Crippen LogP contribution is -2.44. The molecule has 3 rings (SSSR count). The summed E-state index contributed by atoms with van der Waals surface area (Å²) in [5, 5.41) is 9.05. The third-order valence-corrected chi connectivity index (χ3v) is 5.56. The number of piperidine rings is 1. The second-order valence-electron chi connectivity index (χ2n) is 6.99. The lowest BCUT2D eigenvalue weighted by Gasteiger charge is -2.44. The van der Waals surface area contributed by atoms with Gasteiger partial charge in [-0.15, -0.1) is 0 Å². The minimum atomic E-state index is -1.01. The molecular formula is C18H24N2O3. The predicted molar refractivity (Wildman–Crippen MR) is 86.6 cm³/mol. The number of likely N-dealkylation sites (tertiary alicyclic amines) is 1. The molecule has 1 spiro atoms. The fraction of sp³-hybridized carbons (Fsp3) is 0.611. The van der Waals surface area contributed by atoms with Crippen molar-refractivity contribution in [3.63, 3.8) is 0 Å². The molecule has 0 bridgehead atoms. The van der Waals surface area contributed by atoms with Crippen molar-refractivity contribution in [2.75, 3.05) is 13.1 Å². The fourth-order valence-electron chi connectivity index (χ4n) is 4.05. The molecule has 1 N–H and O–H groups in total. The van der Waals surface area contributed by atoms with E-state index in [0.717, 1.165) is 25.9 Å². The zero-order chi connectivity index (χ0) is 16.4. The smallest absolute Gasteiger partial charge is 0.337 e. The number of hydrogen-bond donors (Lipinski definition) is 1. The van der Waals surface area contributed by atoms with E-state index in [1.807, 2.05) is 4.90 Å². The van der Waals surface area contributed by atoms with Crippen molar-refractivity contribution in [3.05, 3.63) is 29.1 Å². The summed E-state index contributed by atoms with van der Waals surface area (Å²) in [4.78, 5) is 29.7. The van der Waals surface area contributed by atoms with Crippen LogP contribution in [-0.2, 0) is 0 Å². The summed E-state index contributed by atoms with van der Waals surface area (Å²) in [7, 11) is 0. The lowest BCUT2D eigenvalue weighted by atomic mass is 9.68. The number of carbonyl (C=O) groups excluding carboxylic acids is 1. The Morgan fingerprint density at radius 2 is 1.74 bits per heavy atom. The molecule has 0 unspecified atom stereocenters. The molecule has 1 aromatic rings. The molecule has 0 radical (unpaired) electrons. The zero-order valence-electron chi connectivity index (χ0n) is 13.7. The SMILES string of the molecule is Cc1nc(C(=O)N2CCC3(CCCCC3)CC2)ccc1C(=O)O. The van der Waals surface area contributed by atoms with Crippen LogP contribution in [0.15, 0.2) is 12.1 Å². The minimum Gasteiger partial charge on any atom is -0.478 e. The van der Waals surface area contributed by atoms with Crippen LogP contribution in [0.3, 0.4) is 0 Å². The van der Waals surface area contributed by atoms with Gasteiger partial charge >= 0.3 is 5.97 Å². The first-order valence-corrected chi connectivity index (χ1v) is 8.51. The molecule has 1 aliphatic carbocycles. The van der Waals surface area contributed by atoms with Gasteiger partial charge in [-0.3, -0.25) is 4.79 Å². The van der Waals surface area contributed by atoms with E-state index in [4.69, 9.17) is 5.11 Å². The molecule has 0 aromatic carbocycles. The van der Waals surface area contributed by atoms with Crippen LogP contribution >= 0.6 is 0 Å². The van der Waals surface area contributed by atoms with Gasteiger partial charge in [-0.25, -0.2) is 9.78 Å². The molecule has 5 nitrogen and oxygen atoms in total. The Morgan fingerprint density at radius 1 is 1.09 bits per heavy atom. The van der Waals surface area contributed by atoms with Crippen LogP contribution in [0, 0.1) is 12.3 Å². The molecule has 2 heterocycles. The van der Waals surface area contributed by atoms with Crippen LogP contribution < -0.4 is 0 Å². The van der Waals surface area contributed by atoms with Crippen molar-refractivity contribution in [1.82, 2.24) is 9.88 Å². The number of carboxylic acid groups (broad SMARTS) is 1. The first-order chi connectivity index (χ1) is 11.0. The van der Waals surface area contributed by atoms with Gasteiger partial charge in [-0.1, -0.05) is 19.3 Å². The number of aromatic carboxylic acids is 1. The fourth-order valence-corrected chi connectivity index (χ4v) is 4.05.